The van der Waals surface area contributed by atoms with Crippen molar-refractivity contribution in [1.82, 2.24) is 0 Å². The van der Waals surface area contributed by atoms with Crippen LogP contribution in [0.3, 0.4) is 0 Å². The number of carboxylic acid groups (broad SMARTS) is 1. The summed E-state index contributed by atoms with van der Waals surface area (Å²) in [5.74, 6) is -1.09. The Hall–Kier alpha value is -2.73. The zero-order valence-electron chi connectivity index (χ0n) is 10.8. The molecule has 0 saturated heterocycles. The lowest BCUT2D eigenvalue weighted by Gasteiger charge is -2.10. The van der Waals surface area contributed by atoms with E-state index in [2.05, 4.69) is 10.6 Å². The molecule has 2 amide bonds. The highest BCUT2D eigenvalue weighted by molar-refractivity contribution is 6.34. The number of nitrogens with two attached hydrogens (primary N) is 1. The van der Waals surface area contributed by atoms with Gasteiger partial charge in [-0.15, -0.1) is 0 Å². The molecule has 21 heavy (non-hydrogen) atoms. The van der Waals surface area contributed by atoms with Crippen molar-refractivity contribution in [3.63, 3.8) is 0 Å². The highest BCUT2D eigenvalue weighted by Gasteiger charge is 2.10. The molecule has 108 valence electrons. The van der Waals surface area contributed by atoms with Crippen LogP contribution in [0, 0.1) is 0 Å². The van der Waals surface area contributed by atoms with E-state index in [1.54, 1.807) is 24.3 Å². The summed E-state index contributed by atoms with van der Waals surface area (Å²) in [5.41, 5.74) is 6.95. The molecule has 0 aromatic heterocycles. The van der Waals surface area contributed by atoms with Crippen molar-refractivity contribution in [3.05, 3.63) is 53.1 Å². The van der Waals surface area contributed by atoms with Crippen LogP contribution in [0.5, 0.6) is 0 Å². The van der Waals surface area contributed by atoms with E-state index in [1.807, 2.05) is 0 Å². The van der Waals surface area contributed by atoms with Gasteiger partial charge in [0.2, 0.25) is 0 Å². The average Bonchev–Trinajstić information content (AvgIpc) is 2.43. The predicted molar refractivity (Wildman–Crippen MR) is 81.9 cm³/mol. The third-order valence-electron chi connectivity index (χ3n) is 2.67. The van der Waals surface area contributed by atoms with Crippen LogP contribution in [0.15, 0.2) is 42.5 Å². The number of para-hydroxylation sites is 2. The SMILES string of the molecule is Nc1ccccc1NC(=O)Nc1ccc(C(=O)O)cc1Cl. The predicted octanol–water partition coefficient (Wildman–Crippen LogP) is 3.26. The minimum Gasteiger partial charge on any atom is -0.478 e. The molecule has 0 saturated carbocycles. The van der Waals surface area contributed by atoms with Crippen molar-refractivity contribution in [3.8, 4) is 0 Å². The maximum Gasteiger partial charge on any atom is 0.335 e. The number of aromatic carboxylic acids is 1. The summed E-state index contributed by atoms with van der Waals surface area (Å²) in [4.78, 5) is 22.6. The van der Waals surface area contributed by atoms with E-state index in [4.69, 9.17) is 22.4 Å². The van der Waals surface area contributed by atoms with Gasteiger partial charge in [0.15, 0.2) is 0 Å². The summed E-state index contributed by atoms with van der Waals surface area (Å²) in [6.45, 7) is 0. The van der Waals surface area contributed by atoms with Crippen molar-refractivity contribution in [1.29, 1.82) is 0 Å². The van der Waals surface area contributed by atoms with Crippen LogP contribution in [0.4, 0.5) is 21.9 Å². The van der Waals surface area contributed by atoms with E-state index < -0.39 is 12.0 Å². The minimum atomic E-state index is -1.09. The normalized spacial score (nSPS) is 9.95. The number of anilines is 3. The van der Waals surface area contributed by atoms with Crippen LogP contribution in [0.2, 0.25) is 5.02 Å². The zero-order chi connectivity index (χ0) is 15.4. The van der Waals surface area contributed by atoms with Gasteiger partial charge in [0.05, 0.1) is 27.6 Å². The fourth-order valence-corrected chi connectivity index (χ4v) is 1.86. The first-order chi connectivity index (χ1) is 9.97. The highest BCUT2D eigenvalue weighted by Crippen LogP contribution is 2.24. The van der Waals surface area contributed by atoms with Crippen molar-refractivity contribution in [2.75, 3.05) is 16.4 Å². The van der Waals surface area contributed by atoms with Gasteiger partial charge in [0, 0.05) is 0 Å². The lowest BCUT2D eigenvalue weighted by atomic mass is 10.2. The molecular weight excluding hydrogens is 294 g/mol. The Bertz CT molecular complexity index is 704. The Morgan fingerprint density at radius 1 is 1.05 bits per heavy atom. The van der Waals surface area contributed by atoms with Crippen LogP contribution in [-0.4, -0.2) is 17.1 Å². The monoisotopic (exact) mass is 305 g/mol. The van der Waals surface area contributed by atoms with Gasteiger partial charge < -0.3 is 21.5 Å². The zero-order valence-corrected chi connectivity index (χ0v) is 11.5. The summed E-state index contributed by atoms with van der Waals surface area (Å²) < 4.78 is 0. The molecule has 7 heteroatoms. The summed E-state index contributed by atoms with van der Waals surface area (Å²) in [5, 5.41) is 14.1. The Kier molecular flexibility index (Phi) is 4.30. The molecule has 0 aliphatic rings. The maximum absolute atomic E-state index is 11.9. The lowest BCUT2D eigenvalue weighted by molar-refractivity contribution is 0.0697. The summed E-state index contributed by atoms with van der Waals surface area (Å²) in [6.07, 6.45) is 0. The third kappa shape index (κ3) is 3.64. The molecule has 0 aliphatic heterocycles. The summed E-state index contributed by atoms with van der Waals surface area (Å²) in [7, 11) is 0. The van der Waals surface area contributed by atoms with Crippen molar-refractivity contribution < 1.29 is 14.7 Å². The second kappa shape index (κ2) is 6.15. The molecule has 0 radical (unpaired) electrons. The number of rotatable bonds is 3. The van der Waals surface area contributed by atoms with E-state index in [1.165, 1.54) is 18.2 Å². The largest absolute Gasteiger partial charge is 0.478 e. The molecule has 0 heterocycles. The van der Waals surface area contributed by atoms with Gasteiger partial charge in [0.1, 0.15) is 0 Å². The molecule has 2 aromatic carbocycles. The van der Waals surface area contributed by atoms with Crippen molar-refractivity contribution in [2.24, 2.45) is 0 Å². The van der Waals surface area contributed by atoms with E-state index in [0.717, 1.165) is 0 Å². The number of nitrogen functional groups attached to an aromatic ring is 1. The fraction of sp³-hybridized carbons (Fsp3) is 0. The fourth-order valence-electron chi connectivity index (χ4n) is 1.64. The van der Waals surface area contributed by atoms with Crippen molar-refractivity contribution in [2.45, 2.75) is 0 Å². The lowest BCUT2D eigenvalue weighted by Crippen LogP contribution is -2.20. The number of amides is 2. The first-order valence-electron chi connectivity index (χ1n) is 5.92. The third-order valence-corrected chi connectivity index (χ3v) is 2.99. The molecule has 0 atom stereocenters. The Morgan fingerprint density at radius 3 is 2.33 bits per heavy atom. The number of benzene rings is 2. The van der Waals surface area contributed by atoms with Gasteiger partial charge in [-0.05, 0) is 30.3 Å². The Morgan fingerprint density at radius 2 is 1.71 bits per heavy atom. The standard InChI is InChI=1S/C14H12ClN3O3/c15-9-7-8(13(19)20)5-6-11(9)17-14(21)18-12-4-2-1-3-10(12)16/h1-7H,16H2,(H,19,20)(H2,17,18,21). The highest BCUT2D eigenvalue weighted by atomic mass is 35.5. The molecule has 6 nitrogen and oxygen atoms in total. The summed E-state index contributed by atoms with van der Waals surface area (Å²) >= 11 is 5.92. The van der Waals surface area contributed by atoms with Gasteiger partial charge in [0.25, 0.3) is 0 Å². The Labute approximate surface area is 125 Å². The molecule has 0 unspecified atom stereocenters. The second-order valence-electron chi connectivity index (χ2n) is 4.17. The van der Waals surface area contributed by atoms with Crippen LogP contribution in [-0.2, 0) is 0 Å². The number of halogens is 1. The number of carbonyl (C=O) groups is 2. The maximum atomic E-state index is 11.9. The van der Waals surface area contributed by atoms with E-state index in [0.29, 0.717) is 17.1 Å². The molecule has 0 bridgehead atoms. The molecule has 0 aliphatic carbocycles. The van der Waals surface area contributed by atoms with Crippen LogP contribution in [0.25, 0.3) is 0 Å². The molecule has 0 spiro atoms. The van der Waals surface area contributed by atoms with Gasteiger partial charge in [-0.25, -0.2) is 9.59 Å². The number of hydrogen-bond acceptors (Lipinski definition) is 3. The summed E-state index contributed by atoms with van der Waals surface area (Å²) in [6, 6.07) is 10.3. The molecular formula is C14H12ClN3O3. The number of urea groups is 1. The van der Waals surface area contributed by atoms with Gasteiger partial charge in [-0.1, -0.05) is 23.7 Å². The topological polar surface area (TPSA) is 104 Å². The molecule has 0 fully saturated rings. The van der Waals surface area contributed by atoms with E-state index in [-0.39, 0.29) is 10.6 Å². The molecule has 5 N–H and O–H groups in total. The number of carbonyl (C=O) groups excluding carboxylic acids is 1. The first kappa shape index (κ1) is 14.7. The van der Waals surface area contributed by atoms with Crippen LogP contribution in [0.1, 0.15) is 10.4 Å². The van der Waals surface area contributed by atoms with Gasteiger partial charge >= 0.3 is 12.0 Å². The van der Waals surface area contributed by atoms with E-state index >= 15 is 0 Å². The van der Waals surface area contributed by atoms with Crippen molar-refractivity contribution >= 4 is 40.7 Å². The number of carboxylic acids is 1. The van der Waals surface area contributed by atoms with Crippen LogP contribution >= 0.6 is 11.6 Å². The van der Waals surface area contributed by atoms with E-state index in [9.17, 15) is 9.59 Å². The minimum absolute atomic E-state index is 0.0401. The quantitative estimate of drug-likeness (QED) is 0.653. The number of nitrogens with one attached hydrogen (secondary N) is 2. The Balaban J connectivity index is 2.10. The molecule has 2 rings (SSSR count). The van der Waals surface area contributed by atoms with Gasteiger partial charge in [-0.2, -0.15) is 0 Å². The first-order valence-corrected chi connectivity index (χ1v) is 6.30. The molecule has 2 aromatic rings. The smallest absolute Gasteiger partial charge is 0.335 e. The number of hydrogen-bond donors (Lipinski definition) is 4. The van der Waals surface area contributed by atoms with Gasteiger partial charge in [-0.3, -0.25) is 0 Å². The average molecular weight is 306 g/mol. The second-order valence-corrected chi connectivity index (χ2v) is 4.57. The van der Waals surface area contributed by atoms with Crippen LogP contribution < -0.4 is 16.4 Å².